The van der Waals surface area contributed by atoms with Gasteiger partial charge in [-0.3, -0.25) is 9.89 Å². The Hall–Kier alpha value is -1.59. The summed E-state index contributed by atoms with van der Waals surface area (Å²) < 4.78 is 0. The van der Waals surface area contributed by atoms with Crippen molar-refractivity contribution in [2.24, 2.45) is 10.7 Å². The molecule has 0 radical (unpaired) electrons. The predicted molar refractivity (Wildman–Crippen MR) is 75.8 cm³/mol. The maximum absolute atomic E-state index is 5.94. The van der Waals surface area contributed by atoms with Gasteiger partial charge in [-0.2, -0.15) is 0 Å². The highest BCUT2D eigenvalue weighted by atomic mass is 15.2. The molecule has 5 N–H and O–H groups in total. The second kappa shape index (κ2) is 6.37. The Kier molecular flexibility index (Phi) is 4.55. The van der Waals surface area contributed by atoms with Crippen LogP contribution < -0.4 is 16.8 Å². The lowest BCUT2D eigenvalue weighted by molar-refractivity contribution is 0.247. The molecule has 0 bridgehead atoms. The van der Waals surface area contributed by atoms with Crippen molar-refractivity contribution < 1.29 is 0 Å². The van der Waals surface area contributed by atoms with Crippen molar-refractivity contribution in [2.45, 2.75) is 0 Å². The van der Waals surface area contributed by atoms with Gasteiger partial charge in [-0.25, -0.2) is 0 Å². The molecule has 1 aliphatic heterocycles. The number of nitrogen functional groups attached to an aromatic ring is 1. The van der Waals surface area contributed by atoms with Crippen molar-refractivity contribution in [1.29, 1.82) is 0 Å². The Balaban J connectivity index is 1.82. The lowest BCUT2D eigenvalue weighted by atomic mass is 10.2. The fourth-order valence-corrected chi connectivity index (χ4v) is 1.99. The van der Waals surface area contributed by atoms with Gasteiger partial charge in [0.15, 0.2) is 0 Å². The first-order valence-corrected chi connectivity index (χ1v) is 6.34. The highest BCUT2D eigenvalue weighted by Crippen LogP contribution is 2.05. The summed E-state index contributed by atoms with van der Waals surface area (Å²) in [4.78, 5) is 6.81. The number of piperazine rings is 1. The van der Waals surface area contributed by atoms with Gasteiger partial charge in [0.05, 0.1) is 6.54 Å². The van der Waals surface area contributed by atoms with Gasteiger partial charge in [0, 0.05) is 44.0 Å². The van der Waals surface area contributed by atoms with E-state index in [1.54, 1.807) is 0 Å². The first-order chi connectivity index (χ1) is 8.75. The molecule has 1 aromatic carbocycles. The minimum atomic E-state index is 0.588. The molecule has 1 fully saturated rings. The lowest BCUT2D eigenvalue weighted by Crippen LogP contribution is -2.44. The molecular weight excluding hydrogens is 226 g/mol. The summed E-state index contributed by atoms with van der Waals surface area (Å²) in [5.41, 5.74) is 13.2. The first-order valence-electron chi connectivity index (χ1n) is 6.34. The quantitative estimate of drug-likeness (QED) is 0.394. The van der Waals surface area contributed by atoms with Crippen LogP contribution in [0.3, 0.4) is 0 Å². The number of nitrogens with zero attached hydrogens (tertiary/aromatic N) is 2. The lowest BCUT2D eigenvalue weighted by Gasteiger charge is -2.26. The average molecular weight is 247 g/mol. The Labute approximate surface area is 108 Å². The van der Waals surface area contributed by atoms with E-state index in [1.165, 1.54) is 0 Å². The molecule has 0 spiro atoms. The molecule has 98 valence electrons. The van der Waals surface area contributed by atoms with Gasteiger partial charge in [-0.1, -0.05) is 0 Å². The number of hydrogen-bond acceptors (Lipinski definition) is 4. The summed E-state index contributed by atoms with van der Waals surface area (Å²) in [5, 5.41) is 3.33. The van der Waals surface area contributed by atoms with Gasteiger partial charge in [-0.05, 0) is 24.3 Å². The van der Waals surface area contributed by atoms with Crippen LogP contribution in [0, 0.1) is 0 Å². The fourth-order valence-electron chi connectivity index (χ4n) is 1.99. The molecule has 1 aromatic rings. The van der Waals surface area contributed by atoms with Crippen molar-refractivity contribution in [3.05, 3.63) is 29.8 Å². The number of anilines is 1. The monoisotopic (exact) mass is 247 g/mol. The van der Waals surface area contributed by atoms with E-state index in [0.717, 1.165) is 50.5 Å². The first kappa shape index (κ1) is 12.9. The molecule has 1 saturated heterocycles. The van der Waals surface area contributed by atoms with Gasteiger partial charge in [-0.15, -0.1) is 0 Å². The topological polar surface area (TPSA) is 79.7 Å². The second-order valence-electron chi connectivity index (χ2n) is 4.48. The van der Waals surface area contributed by atoms with Gasteiger partial charge in [0.1, 0.15) is 5.84 Å². The largest absolute Gasteiger partial charge is 0.399 e. The number of amidine groups is 1. The van der Waals surface area contributed by atoms with Gasteiger partial charge in [0.2, 0.25) is 0 Å². The van der Waals surface area contributed by atoms with Crippen LogP contribution in [-0.4, -0.2) is 50.0 Å². The van der Waals surface area contributed by atoms with Crippen molar-refractivity contribution in [2.75, 3.05) is 45.0 Å². The van der Waals surface area contributed by atoms with E-state index in [9.17, 15) is 0 Å². The molecule has 5 nitrogen and oxygen atoms in total. The van der Waals surface area contributed by atoms with Crippen LogP contribution in [-0.2, 0) is 0 Å². The number of hydrogen-bond donors (Lipinski definition) is 3. The van der Waals surface area contributed by atoms with E-state index in [4.69, 9.17) is 11.5 Å². The van der Waals surface area contributed by atoms with Crippen molar-refractivity contribution in [3.8, 4) is 0 Å². The number of nitrogens with two attached hydrogens (primary N) is 2. The highest BCUT2D eigenvalue weighted by molar-refractivity contribution is 5.97. The third-order valence-electron chi connectivity index (χ3n) is 3.11. The van der Waals surface area contributed by atoms with Crippen LogP contribution in [0.2, 0.25) is 0 Å². The summed E-state index contributed by atoms with van der Waals surface area (Å²) in [5.74, 6) is 0.588. The molecular formula is C13H21N5. The zero-order valence-electron chi connectivity index (χ0n) is 10.6. The molecule has 0 amide bonds. The van der Waals surface area contributed by atoms with Crippen molar-refractivity contribution in [1.82, 2.24) is 10.2 Å². The van der Waals surface area contributed by atoms with Crippen molar-refractivity contribution >= 4 is 11.5 Å². The summed E-state index contributed by atoms with van der Waals surface area (Å²) in [6.07, 6.45) is 0. The molecule has 1 aliphatic rings. The standard InChI is InChI=1S/C13H21N5/c14-12-3-1-11(2-4-12)13(15)17-7-10-18-8-5-16-6-9-18/h1-4,16H,5-10,14H2,(H2,15,17). The third-order valence-corrected chi connectivity index (χ3v) is 3.11. The third kappa shape index (κ3) is 3.72. The van der Waals surface area contributed by atoms with Gasteiger partial charge in [0.25, 0.3) is 0 Å². The zero-order valence-corrected chi connectivity index (χ0v) is 10.6. The number of aliphatic imine (C=N–C) groups is 1. The summed E-state index contributed by atoms with van der Waals surface area (Å²) >= 11 is 0. The Morgan fingerprint density at radius 1 is 1.22 bits per heavy atom. The molecule has 1 heterocycles. The van der Waals surface area contributed by atoms with E-state index in [0.29, 0.717) is 5.84 Å². The van der Waals surface area contributed by atoms with Crippen LogP contribution in [0.4, 0.5) is 5.69 Å². The van der Waals surface area contributed by atoms with Crippen LogP contribution in [0.5, 0.6) is 0 Å². The predicted octanol–water partition coefficient (Wildman–Crippen LogP) is -0.121. The zero-order chi connectivity index (χ0) is 12.8. The smallest absolute Gasteiger partial charge is 0.125 e. The normalized spacial score (nSPS) is 17.9. The van der Waals surface area contributed by atoms with Crippen LogP contribution in [0.15, 0.2) is 29.3 Å². The highest BCUT2D eigenvalue weighted by Gasteiger charge is 2.08. The van der Waals surface area contributed by atoms with Crippen LogP contribution in [0.1, 0.15) is 5.56 Å². The molecule has 18 heavy (non-hydrogen) atoms. The van der Waals surface area contributed by atoms with E-state index in [1.807, 2.05) is 24.3 Å². The van der Waals surface area contributed by atoms with E-state index in [2.05, 4.69) is 15.2 Å². The van der Waals surface area contributed by atoms with E-state index >= 15 is 0 Å². The Morgan fingerprint density at radius 3 is 2.56 bits per heavy atom. The maximum atomic E-state index is 5.94. The Bertz CT molecular complexity index is 392. The Morgan fingerprint density at radius 2 is 1.89 bits per heavy atom. The van der Waals surface area contributed by atoms with Gasteiger partial charge < -0.3 is 16.8 Å². The summed E-state index contributed by atoms with van der Waals surface area (Å²) in [6, 6.07) is 7.49. The number of benzene rings is 1. The van der Waals surface area contributed by atoms with Crippen LogP contribution >= 0.6 is 0 Å². The van der Waals surface area contributed by atoms with E-state index < -0.39 is 0 Å². The molecule has 0 saturated carbocycles. The van der Waals surface area contributed by atoms with E-state index in [-0.39, 0.29) is 0 Å². The summed E-state index contributed by atoms with van der Waals surface area (Å²) in [7, 11) is 0. The molecule has 2 rings (SSSR count). The molecule has 5 heteroatoms. The number of rotatable bonds is 4. The SMILES string of the molecule is NC(=NCCN1CCNCC1)c1ccc(N)cc1. The molecule has 0 aromatic heterocycles. The number of nitrogens with one attached hydrogen (secondary N) is 1. The van der Waals surface area contributed by atoms with Crippen LogP contribution in [0.25, 0.3) is 0 Å². The molecule has 0 atom stereocenters. The maximum Gasteiger partial charge on any atom is 0.125 e. The second-order valence-corrected chi connectivity index (χ2v) is 4.48. The molecule has 0 aliphatic carbocycles. The minimum Gasteiger partial charge on any atom is -0.399 e. The average Bonchev–Trinajstić information content (AvgIpc) is 2.40. The fraction of sp³-hybridized carbons (Fsp3) is 0.462. The van der Waals surface area contributed by atoms with Gasteiger partial charge >= 0.3 is 0 Å². The minimum absolute atomic E-state index is 0.588. The summed E-state index contributed by atoms with van der Waals surface area (Å²) in [6.45, 7) is 6.04. The molecule has 0 unspecified atom stereocenters. The van der Waals surface area contributed by atoms with Crippen molar-refractivity contribution in [3.63, 3.8) is 0 Å².